The highest BCUT2D eigenvalue weighted by atomic mass is 16.5. The minimum atomic E-state index is 0.128. The summed E-state index contributed by atoms with van der Waals surface area (Å²) in [5, 5.41) is 4.02. The molecule has 1 fully saturated rings. The summed E-state index contributed by atoms with van der Waals surface area (Å²) in [6, 6.07) is 13.8. The summed E-state index contributed by atoms with van der Waals surface area (Å²) in [5.74, 6) is 1.46. The molecule has 4 rings (SSSR count). The van der Waals surface area contributed by atoms with E-state index in [1.54, 1.807) is 12.4 Å². The molecule has 6 nitrogen and oxygen atoms in total. The predicted octanol–water partition coefficient (Wildman–Crippen LogP) is 2.69. The fraction of sp³-hybridized carbons (Fsp3) is 0.263. The molecule has 0 atom stereocenters. The molecule has 0 saturated carbocycles. The van der Waals surface area contributed by atoms with Gasteiger partial charge in [0.05, 0.1) is 5.92 Å². The van der Waals surface area contributed by atoms with Crippen LogP contribution in [0, 0.1) is 0 Å². The van der Waals surface area contributed by atoms with E-state index in [1.165, 1.54) is 5.56 Å². The van der Waals surface area contributed by atoms with Gasteiger partial charge in [-0.15, -0.1) is 0 Å². The summed E-state index contributed by atoms with van der Waals surface area (Å²) in [6.45, 7) is 1.29. The molecular weight excluding hydrogens is 316 g/mol. The second-order valence-electron chi connectivity index (χ2n) is 6.17. The van der Waals surface area contributed by atoms with Crippen molar-refractivity contribution < 1.29 is 9.32 Å². The van der Waals surface area contributed by atoms with Crippen molar-refractivity contribution in [2.75, 3.05) is 13.1 Å². The summed E-state index contributed by atoms with van der Waals surface area (Å²) in [6.07, 6.45) is 4.69. The molecule has 0 spiro atoms. The Kier molecular flexibility index (Phi) is 4.24. The van der Waals surface area contributed by atoms with Gasteiger partial charge >= 0.3 is 0 Å². The Morgan fingerprint density at radius 2 is 1.88 bits per heavy atom. The fourth-order valence-corrected chi connectivity index (χ4v) is 2.91. The molecule has 0 bridgehead atoms. The number of hydrogen-bond donors (Lipinski definition) is 0. The molecule has 3 heterocycles. The summed E-state index contributed by atoms with van der Waals surface area (Å²) in [7, 11) is 0. The predicted molar refractivity (Wildman–Crippen MR) is 91.6 cm³/mol. The Morgan fingerprint density at radius 3 is 2.64 bits per heavy atom. The van der Waals surface area contributed by atoms with Crippen LogP contribution in [0.2, 0.25) is 0 Å². The van der Waals surface area contributed by atoms with Gasteiger partial charge < -0.3 is 9.42 Å². The monoisotopic (exact) mass is 334 g/mol. The summed E-state index contributed by atoms with van der Waals surface area (Å²) in [4.78, 5) is 22.5. The van der Waals surface area contributed by atoms with E-state index in [4.69, 9.17) is 4.52 Å². The number of aromatic nitrogens is 3. The number of hydrogen-bond acceptors (Lipinski definition) is 5. The van der Waals surface area contributed by atoms with Crippen LogP contribution >= 0.6 is 0 Å². The Hall–Kier alpha value is -3.02. The van der Waals surface area contributed by atoms with E-state index in [9.17, 15) is 4.79 Å². The van der Waals surface area contributed by atoms with Gasteiger partial charge in [0.15, 0.2) is 0 Å². The van der Waals surface area contributed by atoms with Crippen molar-refractivity contribution in [3.05, 3.63) is 66.3 Å². The number of nitrogens with zero attached hydrogens (tertiary/aromatic N) is 4. The third-order valence-corrected chi connectivity index (χ3v) is 4.43. The lowest BCUT2D eigenvalue weighted by Gasteiger charge is -2.37. The van der Waals surface area contributed by atoms with Crippen molar-refractivity contribution in [3.63, 3.8) is 0 Å². The minimum Gasteiger partial charge on any atom is -0.341 e. The van der Waals surface area contributed by atoms with Crippen molar-refractivity contribution in [1.82, 2.24) is 20.0 Å². The molecule has 0 N–H and O–H groups in total. The molecule has 1 aromatic carbocycles. The average molecular weight is 334 g/mol. The van der Waals surface area contributed by atoms with E-state index >= 15 is 0 Å². The Bertz CT molecular complexity index is 842. The highest BCUT2D eigenvalue weighted by molar-refractivity contribution is 5.77. The van der Waals surface area contributed by atoms with Crippen molar-refractivity contribution in [3.8, 4) is 11.4 Å². The molecule has 3 aromatic rings. The molecule has 25 heavy (non-hydrogen) atoms. The third-order valence-electron chi connectivity index (χ3n) is 4.43. The maximum Gasteiger partial charge on any atom is 0.233 e. The van der Waals surface area contributed by atoms with Crippen molar-refractivity contribution in [2.45, 2.75) is 18.8 Å². The average Bonchev–Trinajstić information content (AvgIpc) is 3.10. The number of aryl methyl sites for hydroxylation is 1. The van der Waals surface area contributed by atoms with Crippen LogP contribution in [0.3, 0.4) is 0 Å². The van der Waals surface area contributed by atoms with Gasteiger partial charge in [0.1, 0.15) is 0 Å². The standard InChI is InChI=1S/C19H18N4O2/c24-17(7-6-14-4-2-1-3-5-14)23-12-16(13-23)19-21-18(22-25-19)15-8-10-20-11-9-15/h1-5,8-11,16H,6-7,12-13H2. The van der Waals surface area contributed by atoms with Crippen LogP contribution in [-0.4, -0.2) is 39.0 Å². The minimum absolute atomic E-state index is 0.128. The highest BCUT2D eigenvalue weighted by Gasteiger charge is 2.35. The number of rotatable bonds is 5. The van der Waals surface area contributed by atoms with Crippen LogP contribution < -0.4 is 0 Å². The van der Waals surface area contributed by atoms with Gasteiger partial charge in [0.25, 0.3) is 0 Å². The van der Waals surface area contributed by atoms with E-state index in [2.05, 4.69) is 15.1 Å². The number of benzene rings is 1. The quantitative estimate of drug-likeness (QED) is 0.717. The first kappa shape index (κ1) is 15.5. The third kappa shape index (κ3) is 3.42. The molecule has 0 unspecified atom stereocenters. The smallest absolute Gasteiger partial charge is 0.233 e. The van der Waals surface area contributed by atoms with Gasteiger partial charge in [-0.2, -0.15) is 4.98 Å². The fourth-order valence-electron chi connectivity index (χ4n) is 2.91. The number of likely N-dealkylation sites (tertiary alicyclic amines) is 1. The zero-order chi connectivity index (χ0) is 17.1. The molecule has 126 valence electrons. The van der Waals surface area contributed by atoms with Gasteiger partial charge in [-0.3, -0.25) is 9.78 Å². The van der Waals surface area contributed by atoms with E-state index in [0.717, 1.165) is 12.0 Å². The molecule has 2 aromatic heterocycles. The largest absolute Gasteiger partial charge is 0.341 e. The molecule has 1 saturated heterocycles. The number of amides is 1. The second kappa shape index (κ2) is 6.84. The van der Waals surface area contributed by atoms with Crippen molar-refractivity contribution in [2.24, 2.45) is 0 Å². The molecule has 1 aliphatic heterocycles. The normalized spacial score (nSPS) is 14.3. The van der Waals surface area contributed by atoms with Crippen LogP contribution in [0.15, 0.2) is 59.4 Å². The zero-order valence-electron chi connectivity index (χ0n) is 13.7. The summed E-state index contributed by atoms with van der Waals surface area (Å²) >= 11 is 0. The van der Waals surface area contributed by atoms with Crippen molar-refractivity contribution in [1.29, 1.82) is 0 Å². The number of carbonyl (C=O) groups is 1. The highest BCUT2D eigenvalue weighted by Crippen LogP contribution is 2.28. The Labute approximate surface area is 145 Å². The zero-order valence-corrected chi connectivity index (χ0v) is 13.7. The maximum atomic E-state index is 12.3. The lowest BCUT2D eigenvalue weighted by atomic mass is 9.99. The Morgan fingerprint density at radius 1 is 1.12 bits per heavy atom. The summed E-state index contributed by atoms with van der Waals surface area (Å²) < 4.78 is 5.36. The lowest BCUT2D eigenvalue weighted by Crippen LogP contribution is -2.48. The SMILES string of the molecule is O=C(CCc1ccccc1)N1CC(c2nc(-c3ccncc3)no2)C1. The van der Waals surface area contributed by atoms with Crippen LogP contribution in [0.25, 0.3) is 11.4 Å². The molecule has 0 radical (unpaired) electrons. The molecule has 6 heteroatoms. The lowest BCUT2D eigenvalue weighted by molar-refractivity contribution is -0.135. The topological polar surface area (TPSA) is 72.1 Å². The van der Waals surface area contributed by atoms with E-state index < -0.39 is 0 Å². The van der Waals surface area contributed by atoms with E-state index in [1.807, 2.05) is 47.4 Å². The van der Waals surface area contributed by atoms with Crippen LogP contribution in [0.4, 0.5) is 0 Å². The van der Waals surface area contributed by atoms with E-state index in [-0.39, 0.29) is 11.8 Å². The first-order valence-corrected chi connectivity index (χ1v) is 8.35. The van der Waals surface area contributed by atoms with Crippen molar-refractivity contribution >= 4 is 5.91 Å². The van der Waals surface area contributed by atoms with Crippen LogP contribution in [-0.2, 0) is 11.2 Å². The first-order valence-electron chi connectivity index (χ1n) is 8.35. The Balaban J connectivity index is 1.30. The van der Waals surface area contributed by atoms with Crippen LogP contribution in [0.5, 0.6) is 0 Å². The van der Waals surface area contributed by atoms with Gasteiger partial charge in [-0.05, 0) is 24.1 Å². The molecular formula is C19H18N4O2. The first-order chi connectivity index (χ1) is 12.3. The van der Waals surface area contributed by atoms with Gasteiger partial charge in [0, 0.05) is 37.5 Å². The number of carbonyl (C=O) groups excluding carboxylic acids is 1. The van der Waals surface area contributed by atoms with E-state index in [0.29, 0.717) is 31.2 Å². The van der Waals surface area contributed by atoms with Gasteiger partial charge in [-0.25, -0.2) is 0 Å². The maximum absolute atomic E-state index is 12.3. The molecule has 1 amide bonds. The second-order valence-corrected chi connectivity index (χ2v) is 6.17. The molecule has 0 aliphatic carbocycles. The number of pyridine rings is 1. The van der Waals surface area contributed by atoms with Crippen LogP contribution in [0.1, 0.15) is 23.8 Å². The van der Waals surface area contributed by atoms with Gasteiger partial charge in [-0.1, -0.05) is 35.5 Å². The molecule has 1 aliphatic rings. The van der Waals surface area contributed by atoms with Gasteiger partial charge in [0.2, 0.25) is 17.6 Å². The summed E-state index contributed by atoms with van der Waals surface area (Å²) in [5.41, 5.74) is 2.06.